The van der Waals surface area contributed by atoms with Crippen LogP contribution in [0.15, 0.2) is 194 Å². The molecule has 1 aromatic heterocycles. The lowest BCUT2D eigenvalue weighted by atomic mass is 9.82. The van der Waals surface area contributed by atoms with E-state index in [0.717, 1.165) is 22.7 Å². The smallest absolute Gasteiger partial charge is 0.0562 e. The lowest BCUT2D eigenvalue weighted by molar-refractivity contribution is 0.660. The van der Waals surface area contributed by atoms with Gasteiger partial charge in [-0.25, -0.2) is 0 Å². The second kappa shape index (κ2) is 12.3. The van der Waals surface area contributed by atoms with Gasteiger partial charge in [0, 0.05) is 38.9 Å². The summed E-state index contributed by atoms with van der Waals surface area (Å²) in [6.07, 6.45) is 0. The van der Waals surface area contributed by atoms with Gasteiger partial charge in [0.2, 0.25) is 0 Å². The third-order valence-corrected chi connectivity index (χ3v) is 11.2. The zero-order valence-electron chi connectivity index (χ0n) is 29.9. The van der Waals surface area contributed by atoms with Gasteiger partial charge in [-0.1, -0.05) is 153 Å². The van der Waals surface area contributed by atoms with Crippen molar-refractivity contribution < 1.29 is 0 Å². The average molecular weight is 679 g/mol. The molecule has 53 heavy (non-hydrogen) atoms. The Balaban J connectivity index is 1.24. The van der Waals surface area contributed by atoms with E-state index < -0.39 is 0 Å². The summed E-state index contributed by atoms with van der Waals surface area (Å²) < 4.78 is 2.43. The van der Waals surface area contributed by atoms with Crippen LogP contribution in [0.25, 0.3) is 60.9 Å². The Morgan fingerprint density at radius 2 is 0.981 bits per heavy atom. The fourth-order valence-corrected chi connectivity index (χ4v) is 8.66. The van der Waals surface area contributed by atoms with Crippen molar-refractivity contribution in [3.05, 3.63) is 205 Å². The first kappa shape index (κ1) is 31.1. The molecular formula is C51H38N2. The monoisotopic (exact) mass is 678 g/mol. The van der Waals surface area contributed by atoms with Crippen LogP contribution in [-0.2, 0) is 5.41 Å². The van der Waals surface area contributed by atoms with Crippen LogP contribution < -0.4 is 4.90 Å². The number of rotatable bonds is 6. The van der Waals surface area contributed by atoms with E-state index in [4.69, 9.17) is 0 Å². The highest BCUT2D eigenvalue weighted by Gasteiger charge is 2.35. The quantitative estimate of drug-likeness (QED) is 0.170. The van der Waals surface area contributed by atoms with E-state index in [2.05, 4.69) is 217 Å². The minimum atomic E-state index is -0.0610. The number of aromatic nitrogens is 1. The molecule has 0 N–H and O–H groups in total. The number of anilines is 3. The van der Waals surface area contributed by atoms with Crippen molar-refractivity contribution in [2.75, 3.05) is 4.90 Å². The molecule has 0 spiro atoms. The van der Waals surface area contributed by atoms with Crippen LogP contribution >= 0.6 is 0 Å². The van der Waals surface area contributed by atoms with E-state index in [1.165, 1.54) is 66.3 Å². The van der Waals surface area contributed by atoms with E-state index in [9.17, 15) is 0 Å². The fraction of sp³-hybridized carbons (Fsp3) is 0.0588. The molecule has 1 heterocycles. The maximum Gasteiger partial charge on any atom is 0.0562 e. The summed E-state index contributed by atoms with van der Waals surface area (Å²) >= 11 is 0. The molecule has 252 valence electrons. The minimum absolute atomic E-state index is 0.0610. The highest BCUT2D eigenvalue weighted by molar-refractivity contribution is 6.16. The summed E-state index contributed by atoms with van der Waals surface area (Å²) in [5, 5.41) is 2.49. The predicted octanol–water partition coefficient (Wildman–Crippen LogP) is 13.9. The third-order valence-electron chi connectivity index (χ3n) is 11.2. The summed E-state index contributed by atoms with van der Waals surface area (Å²) in [5.74, 6) is 0. The number of hydrogen-bond donors (Lipinski definition) is 0. The standard InChI is InChI=1S/C51H38N2/c1-51(2)46-26-13-12-24-43(46)45-33-40(29-31-47(45)51)52(39-23-14-20-37(32-39)35-16-6-3-7-17-35)41-28-30-44-49(34-41)53(38-21-10-5-11-22-38)48-27-15-25-42(50(44)48)36-18-8-4-9-19-36/h3-34H,1-2H3. The zero-order chi connectivity index (χ0) is 35.5. The largest absolute Gasteiger partial charge is 0.310 e. The number of hydrogen-bond acceptors (Lipinski definition) is 1. The normalized spacial score (nSPS) is 12.9. The lowest BCUT2D eigenvalue weighted by Crippen LogP contribution is -2.15. The molecule has 0 radical (unpaired) electrons. The molecule has 1 aliphatic carbocycles. The van der Waals surface area contributed by atoms with Crippen molar-refractivity contribution in [1.29, 1.82) is 0 Å². The summed E-state index contributed by atoms with van der Waals surface area (Å²) in [5.41, 5.74) is 17.0. The molecule has 2 heteroatoms. The molecule has 10 rings (SSSR count). The number of benzene rings is 8. The van der Waals surface area contributed by atoms with Crippen LogP contribution in [-0.4, -0.2) is 4.57 Å². The Bertz CT molecular complexity index is 2790. The number of nitrogens with zero attached hydrogens (tertiary/aromatic N) is 2. The van der Waals surface area contributed by atoms with E-state index >= 15 is 0 Å². The molecule has 0 fully saturated rings. The molecule has 2 nitrogen and oxygen atoms in total. The molecule has 0 aliphatic heterocycles. The van der Waals surface area contributed by atoms with E-state index in [-0.39, 0.29) is 5.41 Å². The van der Waals surface area contributed by atoms with Crippen LogP contribution in [0.3, 0.4) is 0 Å². The molecule has 8 aromatic carbocycles. The highest BCUT2D eigenvalue weighted by atomic mass is 15.1. The van der Waals surface area contributed by atoms with Crippen LogP contribution in [0.2, 0.25) is 0 Å². The summed E-state index contributed by atoms with van der Waals surface area (Å²) in [6.45, 7) is 4.69. The van der Waals surface area contributed by atoms with Crippen molar-refractivity contribution in [2.24, 2.45) is 0 Å². The van der Waals surface area contributed by atoms with Crippen molar-refractivity contribution in [1.82, 2.24) is 4.57 Å². The van der Waals surface area contributed by atoms with Gasteiger partial charge in [0.15, 0.2) is 0 Å². The van der Waals surface area contributed by atoms with Gasteiger partial charge < -0.3 is 9.47 Å². The van der Waals surface area contributed by atoms with Crippen molar-refractivity contribution >= 4 is 38.9 Å². The van der Waals surface area contributed by atoms with Crippen LogP contribution in [0.4, 0.5) is 17.1 Å². The molecule has 9 aromatic rings. The maximum absolute atomic E-state index is 2.44. The maximum atomic E-state index is 2.44. The Morgan fingerprint density at radius 3 is 1.77 bits per heavy atom. The lowest BCUT2D eigenvalue weighted by Gasteiger charge is -2.28. The first-order valence-corrected chi connectivity index (χ1v) is 18.4. The first-order chi connectivity index (χ1) is 26.1. The second-order valence-corrected chi connectivity index (χ2v) is 14.6. The molecule has 0 amide bonds. The predicted molar refractivity (Wildman–Crippen MR) is 224 cm³/mol. The van der Waals surface area contributed by atoms with Gasteiger partial charge in [0.1, 0.15) is 0 Å². The van der Waals surface area contributed by atoms with Crippen molar-refractivity contribution in [2.45, 2.75) is 19.3 Å². The Morgan fingerprint density at radius 1 is 0.396 bits per heavy atom. The highest BCUT2D eigenvalue weighted by Crippen LogP contribution is 2.51. The van der Waals surface area contributed by atoms with Crippen LogP contribution in [0, 0.1) is 0 Å². The van der Waals surface area contributed by atoms with Crippen LogP contribution in [0.5, 0.6) is 0 Å². The van der Waals surface area contributed by atoms with Gasteiger partial charge in [-0.3, -0.25) is 0 Å². The Hall–Kier alpha value is -6.64. The van der Waals surface area contributed by atoms with Gasteiger partial charge in [-0.15, -0.1) is 0 Å². The molecular weight excluding hydrogens is 641 g/mol. The molecule has 0 saturated carbocycles. The zero-order valence-corrected chi connectivity index (χ0v) is 29.9. The summed E-state index contributed by atoms with van der Waals surface area (Å²) in [7, 11) is 0. The first-order valence-electron chi connectivity index (χ1n) is 18.4. The van der Waals surface area contributed by atoms with Gasteiger partial charge in [-0.2, -0.15) is 0 Å². The molecule has 0 unspecified atom stereocenters. The van der Waals surface area contributed by atoms with Crippen LogP contribution in [0.1, 0.15) is 25.0 Å². The van der Waals surface area contributed by atoms with E-state index in [1.54, 1.807) is 0 Å². The molecule has 1 aliphatic rings. The summed E-state index contributed by atoms with van der Waals surface area (Å²) in [4.78, 5) is 2.44. The number of para-hydroxylation sites is 1. The van der Waals surface area contributed by atoms with Gasteiger partial charge in [-0.05, 0) is 99.1 Å². The minimum Gasteiger partial charge on any atom is -0.310 e. The van der Waals surface area contributed by atoms with E-state index in [0.29, 0.717) is 0 Å². The number of fused-ring (bicyclic) bond motifs is 6. The van der Waals surface area contributed by atoms with Gasteiger partial charge in [0.05, 0.1) is 11.0 Å². The van der Waals surface area contributed by atoms with Gasteiger partial charge >= 0.3 is 0 Å². The second-order valence-electron chi connectivity index (χ2n) is 14.6. The Kier molecular flexibility index (Phi) is 7.19. The molecule has 0 saturated heterocycles. The third kappa shape index (κ3) is 5.02. The van der Waals surface area contributed by atoms with Crippen molar-refractivity contribution in [3.63, 3.8) is 0 Å². The van der Waals surface area contributed by atoms with E-state index in [1.807, 2.05) is 0 Å². The molecule has 0 bridgehead atoms. The Labute approximate surface area is 310 Å². The SMILES string of the molecule is CC1(C)c2ccccc2-c2cc(N(c3cccc(-c4ccccc4)c3)c3ccc4c5c(-c6ccccc6)cccc5n(-c5ccccc5)c4c3)ccc21. The van der Waals surface area contributed by atoms with Crippen molar-refractivity contribution in [3.8, 4) is 39.1 Å². The average Bonchev–Trinajstić information content (AvgIpc) is 3.67. The van der Waals surface area contributed by atoms with Gasteiger partial charge in [0.25, 0.3) is 0 Å². The topological polar surface area (TPSA) is 8.17 Å². The summed E-state index contributed by atoms with van der Waals surface area (Å²) in [6, 6.07) is 70.8. The fourth-order valence-electron chi connectivity index (χ4n) is 8.66. The molecule has 0 atom stereocenters.